The van der Waals surface area contributed by atoms with Crippen molar-refractivity contribution in [2.24, 2.45) is 5.73 Å². The minimum Gasteiger partial charge on any atom is -0.351 e. The Kier molecular flexibility index (Phi) is 4.48. The number of amides is 3. The maximum Gasteiger partial charge on any atom is 0.316 e. The smallest absolute Gasteiger partial charge is 0.316 e. The largest absolute Gasteiger partial charge is 0.351 e. The van der Waals surface area contributed by atoms with Crippen LogP contribution < -0.4 is 11.1 Å². The lowest BCUT2D eigenvalue weighted by atomic mass is 9.97. The second-order valence-electron chi connectivity index (χ2n) is 6.04. The molecule has 132 valence electrons. The molecule has 1 aromatic carbocycles. The summed E-state index contributed by atoms with van der Waals surface area (Å²) >= 11 is 3.41. The molecule has 4 rings (SSSR count). The zero-order valence-electron chi connectivity index (χ0n) is 13.8. The van der Waals surface area contributed by atoms with E-state index in [0.717, 1.165) is 11.3 Å². The fraction of sp³-hybridized carbons (Fsp3) is 0.158. The summed E-state index contributed by atoms with van der Waals surface area (Å²) in [5.41, 5.74) is 7.45. The average Bonchev–Trinajstić information content (AvgIpc) is 3.31. The first-order chi connectivity index (χ1) is 12.6. The lowest BCUT2D eigenvalue weighted by Crippen LogP contribution is -2.39. The summed E-state index contributed by atoms with van der Waals surface area (Å²) in [7, 11) is 0. The minimum absolute atomic E-state index is 0.0478. The molecular weight excluding hydrogens is 366 g/mol. The van der Waals surface area contributed by atoms with Crippen molar-refractivity contribution in [1.82, 2.24) is 4.90 Å². The molecule has 1 atom stereocenters. The first-order valence-electron chi connectivity index (χ1n) is 8.20. The van der Waals surface area contributed by atoms with Gasteiger partial charge in [-0.15, -0.1) is 22.7 Å². The third-order valence-electron chi connectivity index (χ3n) is 4.42. The van der Waals surface area contributed by atoms with E-state index in [1.54, 1.807) is 46.9 Å². The van der Waals surface area contributed by atoms with Crippen LogP contribution in [0.3, 0.4) is 0 Å². The zero-order chi connectivity index (χ0) is 18.1. The van der Waals surface area contributed by atoms with E-state index in [2.05, 4.69) is 22.8 Å². The molecule has 1 aliphatic rings. The Bertz CT molecular complexity index is 949. The van der Waals surface area contributed by atoms with Gasteiger partial charge in [0.05, 0.1) is 6.04 Å². The van der Waals surface area contributed by atoms with Gasteiger partial charge in [0, 0.05) is 27.5 Å². The van der Waals surface area contributed by atoms with E-state index >= 15 is 0 Å². The highest BCUT2D eigenvalue weighted by Crippen LogP contribution is 2.40. The van der Waals surface area contributed by atoms with Crippen molar-refractivity contribution >= 4 is 40.3 Å². The molecule has 0 saturated heterocycles. The summed E-state index contributed by atoms with van der Waals surface area (Å²) in [6.07, 6.45) is 0.861. The number of primary amides is 1. The fourth-order valence-corrected chi connectivity index (χ4v) is 5.09. The molecule has 1 unspecified atom stereocenters. The molecule has 3 amide bonds. The van der Waals surface area contributed by atoms with E-state index in [9.17, 15) is 9.59 Å². The molecule has 26 heavy (non-hydrogen) atoms. The molecular formula is C19H17N3O2S2. The van der Waals surface area contributed by atoms with Gasteiger partial charge >= 0.3 is 6.03 Å². The van der Waals surface area contributed by atoms with Crippen LogP contribution in [-0.2, 0) is 6.42 Å². The molecule has 1 aliphatic heterocycles. The molecule has 0 radical (unpaired) electrons. The van der Waals surface area contributed by atoms with Crippen molar-refractivity contribution < 1.29 is 9.59 Å². The quantitative estimate of drug-likeness (QED) is 0.715. The number of rotatable bonds is 3. The Labute approximate surface area is 159 Å². The molecule has 0 saturated carbocycles. The number of hydrogen-bond donors (Lipinski definition) is 2. The molecule has 3 N–H and O–H groups in total. The zero-order valence-corrected chi connectivity index (χ0v) is 15.5. The Balaban J connectivity index is 1.70. The molecule has 0 spiro atoms. The van der Waals surface area contributed by atoms with Crippen LogP contribution in [0.15, 0.2) is 53.2 Å². The van der Waals surface area contributed by atoms with Crippen molar-refractivity contribution in [3.05, 3.63) is 74.1 Å². The number of anilines is 1. The number of nitrogens with one attached hydrogen (secondary N) is 1. The van der Waals surface area contributed by atoms with Crippen molar-refractivity contribution in [2.45, 2.75) is 12.5 Å². The summed E-state index contributed by atoms with van der Waals surface area (Å²) in [5, 5.41) is 6.66. The number of fused-ring (bicyclic) bond motifs is 1. The number of benzene rings is 1. The second kappa shape index (κ2) is 6.93. The molecule has 7 heteroatoms. The van der Waals surface area contributed by atoms with Crippen LogP contribution in [0.25, 0.3) is 0 Å². The normalized spacial score (nSPS) is 16.2. The van der Waals surface area contributed by atoms with Gasteiger partial charge in [-0.25, -0.2) is 4.79 Å². The maximum atomic E-state index is 13.3. The van der Waals surface area contributed by atoms with Crippen LogP contribution in [0.1, 0.15) is 31.7 Å². The number of thiophene rings is 2. The Morgan fingerprint density at radius 1 is 1.12 bits per heavy atom. The van der Waals surface area contributed by atoms with Crippen molar-refractivity contribution in [3.63, 3.8) is 0 Å². The number of nitrogens with zero attached hydrogens (tertiary/aromatic N) is 1. The van der Waals surface area contributed by atoms with Crippen LogP contribution in [-0.4, -0.2) is 23.4 Å². The Hall–Kier alpha value is -2.64. The number of carbonyl (C=O) groups excluding carboxylic acids is 2. The predicted molar refractivity (Wildman–Crippen MR) is 105 cm³/mol. The van der Waals surface area contributed by atoms with E-state index in [4.69, 9.17) is 5.73 Å². The topological polar surface area (TPSA) is 75.4 Å². The summed E-state index contributed by atoms with van der Waals surface area (Å²) in [5.74, 6) is -0.0478. The number of urea groups is 1. The van der Waals surface area contributed by atoms with E-state index in [0.29, 0.717) is 17.8 Å². The molecule has 0 aliphatic carbocycles. The van der Waals surface area contributed by atoms with E-state index in [1.165, 1.54) is 10.4 Å². The Morgan fingerprint density at radius 2 is 2.00 bits per heavy atom. The minimum atomic E-state index is -0.646. The highest BCUT2D eigenvalue weighted by Gasteiger charge is 2.33. The van der Waals surface area contributed by atoms with Crippen molar-refractivity contribution in [3.8, 4) is 0 Å². The van der Waals surface area contributed by atoms with Crippen LogP contribution in [0.2, 0.25) is 0 Å². The molecule has 5 nitrogen and oxygen atoms in total. The summed E-state index contributed by atoms with van der Waals surface area (Å²) < 4.78 is 0. The van der Waals surface area contributed by atoms with Crippen LogP contribution in [0.5, 0.6) is 0 Å². The fourth-order valence-electron chi connectivity index (χ4n) is 3.33. The monoisotopic (exact) mass is 383 g/mol. The van der Waals surface area contributed by atoms with Gasteiger partial charge in [-0.2, -0.15) is 0 Å². The molecule has 2 aromatic heterocycles. The molecule has 3 aromatic rings. The summed E-state index contributed by atoms with van der Waals surface area (Å²) in [6, 6.07) is 12.4. The van der Waals surface area contributed by atoms with Gasteiger partial charge in [0.2, 0.25) is 0 Å². The molecule has 3 heterocycles. The summed E-state index contributed by atoms with van der Waals surface area (Å²) in [4.78, 5) is 28.8. The van der Waals surface area contributed by atoms with Gasteiger partial charge in [0.1, 0.15) is 0 Å². The third-order valence-corrected chi connectivity index (χ3v) is 6.34. The van der Waals surface area contributed by atoms with Crippen molar-refractivity contribution in [2.75, 3.05) is 11.9 Å². The highest BCUT2D eigenvalue weighted by molar-refractivity contribution is 7.10. The van der Waals surface area contributed by atoms with Gasteiger partial charge in [-0.1, -0.05) is 12.1 Å². The van der Waals surface area contributed by atoms with E-state index in [1.807, 2.05) is 16.3 Å². The first kappa shape index (κ1) is 16.8. The van der Waals surface area contributed by atoms with Gasteiger partial charge < -0.3 is 16.0 Å². The van der Waals surface area contributed by atoms with Crippen LogP contribution in [0.4, 0.5) is 10.5 Å². The maximum absolute atomic E-state index is 13.3. The van der Waals surface area contributed by atoms with Gasteiger partial charge in [0.25, 0.3) is 5.91 Å². The summed E-state index contributed by atoms with van der Waals surface area (Å²) in [6.45, 7) is 0.669. The first-order valence-corrected chi connectivity index (χ1v) is 9.96. The van der Waals surface area contributed by atoms with Crippen molar-refractivity contribution in [1.29, 1.82) is 0 Å². The average molecular weight is 383 g/mol. The number of nitrogens with two attached hydrogens (primary N) is 1. The number of carbonyl (C=O) groups is 2. The SMILES string of the molecule is NC(=O)Nc1cccc(C(=O)N2CCc3sccc3C2c2cccs2)c1. The Morgan fingerprint density at radius 3 is 2.77 bits per heavy atom. The lowest BCUT2D eigenvalue weighted by Gasteiger charge is -2.35. The van der Waals surface area contributed by atoms with Gasteiger partial charge in [-0.05, 0) is 53.1 Å². The lowest BCUT2D eigenvalue weighted by molar-refractivity contribution is 0.0699. The third kappa shape index (κ3) is 3.11. The highest BCUT2D eigenvalue weighted by atomic mass is 32.1. The van der Waals surface area contributed by atoms with Gasteiger partial charge in [-0.3, -0.25) is 4.79 Å². The van der Waals surface area contributed by atoms with Crippen LogP contribution >= 0.6 is 22.7 Å². The number of hydrogen-bond acceptors (Lipinski definition) is 4. The molecule has 0 fully saturated rings. The standard InChI is InChI=1S/C19H17N3O2S2/c20-19(24)21-13-4-1-3-12(11-13)18(23)22-8-6-15-14(7-10-26-15)17(22)16-5-2-9-25-16/h1-5,7,9-11,17H,6,8H2,(H3,20,21,24). The second-order valence-corrected chi connectivity index (χ2v) is 8.02. The van der Waals surface area contributed by atoms with Crippen LogP contribution in [0, 0.1) is 0 Å². The van der Waals surface area contributed by atoms with E-state index in [-0.39, 0.29) is 11.9 Å². The predicted octanol–water partition coefficient (Wildman–Crippen LogP) is 4.09. The molecule has 0 bridgehead atoms. The van der Waals surface area contributed by atoms with E-state index < -0.39 is 6.03 Å². The van der Waals surface area contributed by atoms with Gasteiger partial charge in [0.15, 0.2) is 0 Å².